The molecule has 0 radical (unpaired) electrons. The maximum absolute atomic E-state index is 13.4. The summed E-state index contributed by atoms with van der Waals surface area (Å²) in [6, 6.07) is 23.5. The van der Waals surface area contributed by atoms with Crippen LogP contribution in [0.25, 0.3) is 27.4 Å². The number of aryl methyl sites for hydroxylation is 3. The third-order valence-corrected chi connectivity index (χ3v) is 12.1. The summed E-state index contributed by atoms with van der Waals surface area (Å²) in [4.78, 5) is 4.84. The highest BCUT2D eigenvalue weighted by molar-refractivity contribution is 5.91. The van der Waals surface area contributed by atoms with Crippen LogP contribution in [-0.4, -0.2) is 46.1 Å². The van der Waals surface area contributed by atoms with Gasteiger partial charge < -0.3 is 18.9 Å². The molecule has 6 aromatic rings. The van der Waals surface area contributed by atoms with Gasteiger partial charge in [0.1, 0.15) is 11.6 Å². The van der Waals surface area contributed by atoms with Crippen molar-refractivity contribution in [3.05, 3.63) is 146 Å². The van der Waals surface area contributed by atoms with E-state index in [-0.39, 0.29) is 11.6 Å². The molecule has 52 heavy (non-hydrogen) atoms. The quantitative estimate of drug-likeness (QED) is 0.180. The first-order valence-corrected chi connectivity index (χ1v) is 19.0. The molecular weight excluding hydrogens is 647 g/mol. The lowest BCUT2D eigenvalue weighted by Crippen LogP contribution is -2.27. The third-order valence-electron chi connectivity index (χ3n) is 12.1. The van der Waals surface area contributed by atoms with Crippen LogP contribution >= 0.6 is 0 Å². The highest BCUT2D eigenvalue weighted by Crippen LogP contribution is 2.40. The number of halogens is 2. The second kappa shape index (κ2) is 13.2. The van der Waals surface area contributed by atoms with Crippen LogP contribution in [0.3, 0.4) is 0 Å². The molecule has 0 N–H and O–H groups in total. The first-order valence-electron chi connectivity index (χ1n) is 19.0. The van der Waals surface area contributed by atoms with Gasteiger partial charge in [-0.05, 0) is 123 Å². The van der Waals surface area contributed by atoms with Crippen LogP contribution in [0.15, 0.2) is 78.9 Å². The normalized spacial score (nSPS) is 18.7. The van der Waals surface area contributed by atoms with Crippen LogP contribution in [0.5, 0.6) is 0 Å². The Hall–Kier alpha value is -4.52. The van der Waals surface area contributed by atoms with E-state index >= 15 is 0 Å². The van der Waals surface area contributed by atoms with Crippen molar-refractivity contribution in [1.29, 1.82) is 0 Å². The number of hydrogen-bond donors (Lipinski definition) is 0. The van der Waals surface area contributed by atoms with Crippen LogP contribution in [-0.2, 0) is 51.9 Å². The van der Waals surface area contributed by atoms with Crippen molar-refractivity contribution >= 4 is 27.4 Å². The van der Waals surface area contributed by atoms with Gasteiger partial charge in [0, 0.05) is 80.2 Å². The number of benzene rings is 4. The minimum Gasteiger partial charge on any atom is -0.343 e. The fraction of sp³-hybridized carbons (Fsp3) is 0.348. The first kappa shape index (κ1) is 33.3. The number of rotatable bonds is 2. The van der Waals surface area contributed by atoms with Crippen LogP contribution in [0.1, 0.15) is 68.2 Å². The van der Waals surface area contributed by atoms with Gasteiger partial charge >= 0.3 is 0 Å². The number of nitrogens with zero attached hydrogens (tertiary/aromatic N) is 4. The van der Waals surface area contributed by atoms with Gasteiger partial charge in [-0.1, -0.05) is 53.6 Å². The number of aromatic nitrogens is 2. The summed E-state index contributed by atoms with van der Waals surface area (Å²) in [5.41, 5.74) is 18.2. The van der Waals surface area contributed by atoms with Gasteiger partial charge in [-0.3, -0.25) is 0 Å². The lowest BCUT2D eigenvalue weighted by molar-refractivity contribution is 0.308. The number of hydrogen-bond acceptors (Lipinski definition) is 2. The van der Waals surface area contributed by atoms with Gasteiger partial charge in [0.05, 0.1) is 11.0 Å². The minimum atomic E-state index is -0.175. The monoisotopic (exact) mass is 694 g/mol. The summed E-state index contributed by atoms with van der Waals surface area (Å²) < 4.78 is 31.9. The minimum absolute atomic E-state index is 0.148. The van der Waals surface area contributed by atoms with Crippen LogP contribution in [0.4, 0.5) is 8.78 Å². The molecule has 0 spiro atoms. The molecule has 0 saturated heterocycles. The lowest BCUT2D eigenvalue weighted by Gasteiger charge is -2.25. The Morgan fingerprint density at radius 1 is 0.615 bits per heavy atom. The van der Waals surface area contributed by atoms with Crippen molar-refractivity contribution in [2.24, 2.45) is 0 Å². The molecule has 266 valence electrons. The van der Waals surface area contributed by atoms with Crippen molar-refractivity contribution in [3.63, 3.8) is 0 Å². The van der Waals surface area contributed by atoms with Gasteiger partial charge in [0.2, 0.25) is 0 Å². The Bertz CT molecular complexity index is 2350. The maximum Gasteiger partial charge on any atom is 0.123 e. The zero-order chi connectivity index (χ0) is 35.7. The number of fused-ring (bicyclic) bond motifs is 6. The van der Waals surface area contributed by atoms with Crippen LogP contribution in [0.2, 0.25) is 0 Å². The highest BCUT2D eigenvalue weighted by Gasteiger charge is 2.29. The van der Waals surface area contributed by atoms with Crippen molar-refractivity contribution in [3.8, 4) is 0 Å². The Balaban J connectivity index is 0.000000138. The summed E-state index contributed by atoms with van der Waals surface area (Å²) in [5, 5.41) is 2.89. The molecule has 0 amide bonds. The maximum atomic E-state index is 13.4. The Kier molecular flexibility index (Phi) is 8.43. The molecule has 4 aliphatic heterocycles. The highest BCUT2D eigenvalue weighted by atomic mass is 19.1. The second-order valence-corrected chi connectivity index (χ2v) is 15.9. The molecular formula is C46H48F2N4. The molecule has 0 bridgehead atoms. The van der Waals surface area contributed by atoms with E-state index < -0.39 is 0 Å². The van der Waals surface area contributed by atoms with Gasteiger partial charge in [-0.25, -0.2) is 8.78 Å². The Labute approximate surface area is 306 Å². The van der Waals surface area contributed by atoms with Crippen molar-refractivity contribution in [2.45, 2.75) is 78.0 Å². The van der Waals surface area contributed by atoms with E-state index in [0.717, 1.165) is 76.9 Å². The van der Waals surface area contributed by atoms with E-state index in [9.17, 15) is 8.78 Å². The third kappa shape index (κ3) is 5.90. The topological polar surface area (TPSA) is 16.3 Å². The largest absolute Gasteiger partial charge is 0.343 e. The number of likely N-dealkylation sites (N-methyl/N-ethyl adjacent to an activating group) is 2. The van der Waals surface area contributed by atoms with E-state index in [1.807, 2.05) is 24.3 Å². The summed E-state index contributed by atoms with van der Waals surface area (Å²) >= 11 is 0. The van der Waals surface area contributed by atoms with Gasteiger partial charge in [-0.15, -0.1) is 0 Å². The average Bonchev–Trinajstić information content (AvgIpc) is 3.39. The second-order valence-electron chi connectivity index (χ2n) is 15.9. The van der Waals surface area contributed by atoms with Crippen molar-refractivity contribution in [1.82, 2.24) is 18.9 Å². The van der Waals surface area contributed by atoms with E-state index in [2.05, 4.69) is 77.2 Å². The molecule has 1 atom stereocenters. The molecule has 4 aromatic carbocycles. The summed E-state index contributed by atoms with van der Waals surface area (Å²) in [6.07, 6.45) is 7.70. The lowest BCUT2D eigenvalue weighted by atomic mass is 9.92. The molecule has 6 heterocycles. The molecule has 2 aromatic heterocycles. The summed E-state index contributed by atoms with van der Waals surface area (Å²) in [7, 11) is 4.43. The first-order chi connectivity index (χ1) is 25.2. The zero-order valence-corrected chi connectivity index (χ0v) is 30.9. The molecule has 10 rings (SSSR count). The van der Waals surface area contributed by atoms with Crippen LogP contribution < -0.4 is 0 Å². The molecule has 1 unspecified atom stereocenters. The zero-order valence-electron chi connectivity index (χ0n) is 30.9. The fourth-order valence-electron chi connectivity index (χ4n) is 9.64. The Morgan fingerprint density at radius 3 is 1.81 bits per heavy atom. The SMILES string of the molecule is Cc1cc2c3c(c1)c1c(n3CC(c3ccc(F)cc3)=CC2)CCN(C)C1.Cc1cc2c3c(c1)c1c(n3CC(c3ccc(F)cc3)CC2)CCN(C)C1. The molecule has 4 aliphatic rings. The standard InChI is InChI=1S/C23H25FN2.C23H23FN2/c2*1-15-11-17-3-4-18(16-5-7-19(24)8-6-16)13-26-22-9-10-25(2)14-21(22)20(12-15)23(17)26/h5-8,11-12,18H,3-4,9-10,13-14H2,1-2H3;4-8,11-12H,3,9-10,13-14H2,1-2H3. The van der Waals surface area contributed by atoms with Gasteiger partial charge in [0.15, 0.2) is 0 Å². The van der Waals surface area contributed by atoms with Crippen molar-refractivity contribution < 1.29 is 8.78 Å². The van der Waals surface area contributed by atoms with E-state index in [1.165, 1.54) is 77.7 Å². The van der Waals surface area contributed by atoms with Gasteiger partial charge in [-0.2, -0.15) is 0 Å². The van der Waals surface area contributed by atoms with Gasteiger partial charge in [0.25, 0.3) is 0 Å². The van der Waals surface area contributed by atoms with E-state index in [0.29, 0.717) is 5.92 Å². The summed E-state index contributed by atoms with van der Waals surface area (Å²) in [6.45, 7) is 10.6. The van der Waals surface area contributed by atoms with E-state index in [4.69, 9.17) is 0 Å². The molecule has 0 saturated carbocycles. The molecule has 0 fully saturated rings. The average molecular weight is 695 g/mol. The van der Waals surface area contributed by atoms with E-state index in [1.54, 1.807) is 24.3 Å². The fourth-order valence-corrected chi connectivity index (χ4v) is 9.64. The van der Waals surface area contributed by atoms with Crippen molar-refractivity contribution in [2.75, 3.05) is 27.2 Å². The molecule has 6 heteroatoms. The molecule has 0 aliphatic carbocycles. The van der Waals surface area contributed by atoms with Crippen LogP contribution in [0, 0.1) is 25.5 Å². The number of allylic oxidation sites excluding steroid dienone is 2. The summed E-state index contributed by atoms with van der Waals surface area (Å²) in [5.74, 6) is 0.123. The molecule has 4 nitrogen and oxygen atoms in total. The predicted molar refractivity (Wildman–Crippen MR) is 209 cm³/mol. The Morgan fingerprint density at radius 2 is 1.17 bits per heavy atom. The predicted octanol–water partition coefficient (Wildman–Crippen LogP) is 9.52. The smallest absolute Gasteiger partial charge is 0.123 e.